The molecule has 278 valence electrons. The molecular weight excluding hydrogens is 693 g/mol. The summed E-state index contributed by atoms with van der Waals surface area (Å²) in [5.41, 5.74) is 0.271. The van der Waals surface area contributed by atoms with Crippen molar-refractivity contribution in [2.45, 2.75) is 87.7 Å². The molecule has 15 heteroatoms. The lowest BCUT2D eigenvalue weighted by Crippen LogP contribution is -2.61. The molecule has 2 saturated carbocycles. The fourth-order valence-corrected chi connectivity index (χ4v) is 9.81. The Morgan fingerprint density at radius 3 is 2.41 bits per heavy atom. The van der Waals surface area contributed by atoms with Gasteiger partial charge < -0.3 is 26.2 Å². The van der Waals surface area contributed by atoms with Crippen LogP contribution in [0.15, 0.2) is 46.5 Å². The smallest absolute Gasteiger partial charge is 0.315 e. The van der Waals surface area contributed by atoms with Gasteiger partial charge in [0.1, 0.15) is 22.3 Å². The highest BCUT2D eigenvalue weighted by atomic mass is 32.2. The van der Waals surface area contributed by atoms with Gasteiger partial charge in [0, 0.05) is 33.1 Å². The number of terminal acetylenes is 1. The van der Waals surface area contributed by atoms with Gasteiger partial charge in [0.15, 0.2) is 0 Å². The lowest BCUT2D eigenvalue weighted by molar-refractivity contribution is -0.144. The molecule has 1 aliphatic heterocycles. The quantitative estimate of drug-likeness (QED) is 0.114. The number of fused-ring (bicyclic) bond motifs is 1. The largest absolute Gasteiger partial charge is 0.346 e. The number of sulfonamides is 1. The predicted molar refractivity (Wildman–Crippen MR) is 195 cm³/mol. The first-order valence-electron chi connectivity index (χ1n) is 17.3. The second kappa shape index (κ2) is 16.6. The highest BCUT2D eigenvalue weighted by molar-refractivity contribution is 7.91. The molecule has 1 aromatic heterocycles. The molecule has 4 rings (SSSR count). The third-order valence-electron chi connectivity index (χ3n) is 10.5. The lowest BCUT2D eigenvalue weighted by atomic mass is 9.83. The summed E-state index contributed by atoms with van der Waals surface area (Å²) in [5, 5.41) is 12.5. The number of urea groups is 1. The minimum Gasteiger partial charge on any atom is -0.346 e. The van der Waals surface area contributed by atoms with Crippen molar-refractivity contribution in [3.63, 3.8) is 0 Å². The van der Waals surface area contributed by atoms with Crippen LogP contribution in [0.25, 0.3) is 0 Å². The first-order valence-corrected chi connectivity index (χ1v) is 19.6. The van der Waals surface area contributed by atoms with Crippen molar-refractivity contribution in [1.82, 2.24) is 30.5 Å². The van der Waals surface area contributed by atoms with Gasteiger partial charge in [-0.2, -0.15) is 4.31 Å². The molecule has 0 aromatic carbocycles. The topological polar surface area (TPSA) is 174 Å². The van der Waals surface area contributed by atoms with Crippen LogP contribution in [0, 0.1) is 35.5 Å². The van der Waals surface area contributed by atoms with Gasteiger partial charge in [-0.15, -0.1) is 30.3 Å². The standard InChI is InChI=1S/C36H50N6O7S2/c1-8-14-25(31(43)33(45)37-18-9-2)38-32(44)30-28-24(36(28,5)6)20-42(30)34(46)29(23-15-11-10-12-16-23)40-35(47)39-26(22(3)4)21-41(7)51(48,49)27-17-13-19-50-27/h1,9,13,17,19,23-26,28-30H,2-3,10-12,14-16,18,20-21H2,4-7H3,(H,37,45)(H,38,44)(H2,39,40,47)/t24-,25?,26+,28-,29-,30-/m0/s1. The normalized spacial score (nSPS) is 22.7. The number of thiophene rings is 1. The average Bonchev–Trinajstić information content (AvgIpc) is 3.55. The van der Waals surface area contributed by atoms with Gasteiger partial charge in [-0.05, 0) is 54.4 Å². The van der Waals surface area contributed by atoms with Crippen LogP contribution < -0.4 is 21.3 Å². The number of carbonyl (C=O) groups is 5. The Balaban J connectivity index is 1.54. The first-order chi connectivity index (χ1) is 24.1. The molecule has 4 N–H and O–H groups in total. The molecule has 6 atom stereocenters. The van der Waals surface area contributed by atoms with Crippen LogP contribution in [0.1, 0.15) is 59.3 Å². The zero-order valence-electron chi connectivity index (χ0n) is 29.8. The van der Waals surface area contributed by atoms with Gasteiger partial charge in [-0.1, -0.05) is 57.4 Å². The van der Waals surface area contributed by atoms with E-state index in [2.05, 4.69) is 40.3 Å². The number of amides is 5. The summed E-state index contributed by atoms with van der Waals surface area (Å²) < 4.78 is 27.5. The molecule has 1 saturated heterocycles. The lowest BCUT2D eigenvalue weighted by Gasteiger charge is -2.37. The van der Waals surface area contributed by atoms with E-state index in [1.54, 1.807) is 18.4 Å². The van der Waals surface area contributed by atoms with E-state index < -0.39 is 63.7 Å². The number of Topliss-reactive ketones (excluding diaryl/α,β-unsaturated/α-hetero) is 1. The Morgan fingerprint density at radius 2 is 1.82 bits per heavy atom. The minimum atomic E-state index is -3.79. The highest BCUT2D eigenvalue weighted by Crippen LogP contribution is 2.65. The number of rotatable bonds is 16. The van der Waals surface area contributed by atoms with Crippen molar-refractivity contribution in [1.29, 1.82) is 0 Å². The van der Waals surface area contributed by atoms with Crippen molar-refractivity contribution < 1.29 is 32.4 Å². The molecule has 51 heavy (non-hydrogen) atoms. The number of nitrogens with zero attached hydrogens (tertiary/aromatic N) is 2. The predicted octanol–water partition coefficient (Wildman–Crippen LogP) is 2.42. The van der Waals surface area contributed by atoms with Gasteiger partial charge in [0.05, 0.1) is 6.04 Å². The summed E-state index contributed by atoms with van der Waals surface area (Å²) in [4.78, 5) is 69.0. The Kier molecular flexibility index (Phi) is 12.9. The molecule has 3 aliphatic rings. The molecule has 0 spiro atoms. The summed E-state index contributed by atoms with van der Waals surface area (Å²) in [6.45, 7) is 13.5. The number of ketones is 1. The van der Waals surface area contributed by atoms with Crippen molar-refractivity contribution in [2.75, 3.05) is 26.7 Å². The molecule has 0 radical (unpaired) electrons. The summed E-state index contributed by atoms with van der Waals surface area (Å²) in [7, 11) is -2.36. The van der Waals surface area contributed by atoms with Crippen LogP contribution in [0.2, 0.25) is 0 Å². The molecule has 1 unspecified atom stereocenters. The fourth-order valence-electron chi connectivity index (χ4n) is 7.42. The molecule has 2 heterocycles. The van der Waals surface area contributed by atoms with Gasteiger partial charge in [-0.3, -0.25) is 19.2 Å². The number of carbonyl (C=O) groups excluding carboxylic acids is 5. The maximum absolute atomic E-state index is 14.5. The third kappa shape index (κ3) is 8.91. The van der Waals surface area contributed by atoms with Crippen molar-refractivity contribution in [3.05, 3.63) is 42.3 Å². The van der Waals surface area contributed by atoms with Gasteiger partial charge in [0.2, 0.25) is 17.6 Å². The fraction of sp³-hybridized carbons (Fsp3) is 0.583. The van der Waals surface area contributed by atoms with Gasteiger partial charge in [0.25, 0.3) is 15.9 Å². The molecule has 3 fully saturated rings. The van der Waals surface area contributed by atoms with Crippen LogP contribution in [-0.4, -0.2) is 98.0 Å². The van der Waals surface area contributed by atoms with Gasteiger partial charge in [-0.25, -0.2) is 13.2 Å². The van der Waals surface area contributed by atoms with E-state index >= 15 is 0 Å². The summed E-state index contributed by atoms with van der Waals surface area (Å²) in [6, 6.07) is -1.47. The average molecular weight is 743 g/mol. The van der Waals surface area contributed by atoms with Crippen molar-refractivity contribution in [3.8, 4) is 12.3 Å². The van der Waals surface area contributed by atoms with Crippen LogP contribution in [0.3, 0.4) is 0 Å². The van der Waals surface area contributed by atoms with E-state index in [1.165, 1.54) is 24.1 Å². The van der Waals surface area contributed by atoms with Crippen LogP contribution in [-0.2, 0) is 29.2 Å². The summed E-state index contributed by atoms with van der Waals surface area (Å²) in [6.07, 6.45) is 10.9. The summed E-state index contributed by atoms with van der Waals surface area (Å²) >= 11 is 1.09. The number of hydrogen-bond acceptors (Lipinski definition) is 8. The Labute approximate surface area is 305 Å². The Morgan fingerprint density at radius 1 is 1.14 bits per heavy atom. The number of hydrogen-bond donors (Lipinski definition) is 4. The number of nitrogens with one attached hydrogen (secondary N) is 4. The van der Waals surface area contributed by atoms with Crippen molar-refractivity contribution in [2.24, 2.45) is 23.2 Å². The summed E-state index contributed by atoms with van der Waals surface area (Å²) in [5.74, 6) is -0.832. The van der Waals surface area contributed by atoms with E-state index in [4.69, 9.17) is 6.42 Å². The Hall–Kier alpha value is -4.00. The second-order valence-electron chi connectivity index (χ2n) is 14.3. The molecular formula is C36H50N6O7S2. The zero-order chi connectivity index (χ0) is 37.7. The van der Waals surface area contributed by atoms with Crippen LogP contribution >= 0.6 is 11.3 Å². The first kappa shape index (κ1) is 39.8. The molecule has 5 amide bonds. The zero-order valence-corrected chi connectivity index (χ0v) is 31.4. The third-order valence-corrected chi connectivity index (χ3v) is 13.7. The second-order valence-corrected chi connectivity index (χ2v) is 17.6. The molecule has 0 bridgehead atoms. The molecule has 13 nitrogen and oxygen atoms in total. The van der Waals surface area contributed by atoms with E-state index in [9.17, 15) is 32.4 Å². The maximum atomic E-state index is 14.5. The van der Waals surface area contributed by atoms with Gasteiger partial charge >= 0.3 is 6.03 Å². The number of likely N-dealkylation sites (N-methyl/N-ethyl adjacent to an activating group) is 1. The van der Waals surface area contributed by atoms with E-state index in [0.29, 0.717) is 18.4 Å². The van der Waals surface area contributed by atoms with E-state index in [-0.39, 0.29) is 53.4 Å². The monoisotopic (exact) mass is 742 g/mol. The Bertz CT molecular complexity index is 1660. The molecule has 2 aliphatic carbocycles. The number of piperidine rings is 1. The van der Waals surface area contributed by atoms with E-state index in [0.717, 1.165) is 34.9 Å². The van der Waals surface area contributed by atoms with Crippen LogP contribution in [0.4, 0.5) is 4.79 Å². The van der Waals surface area contributed by atoms with Crippen LogP contribution in [0.5, 0.6) is 0 Å². The van der Waals surface area contributed by atoms with E-state index in [1.807, 2.05) is 13.8 Å². The maximum Gasteiger partial charge on any atom is 0.315 e. The number of likely N-dealkylation sites (tertiary alicyclic amines) is 1. The SMILES string of the molecule is C#CCC(NC(=O)[C@@H]1[C@@H]2[C@H](CN1C(=O)[C@@H](NC(=O)N[C@H](CN(C)S(=O)(=O)c1cccs1)C(=C)C)C1CCCCC1)C2(C)C)C(=O)C(=O)NCC=C. The van der Waals surface area contributed by atoms with Crippen molar-refractivity contribution >= 4 is 50.9 Å². The highest BCUT2D eigenvalue weighted by Gasteiger charge is 2.69. The minimum absolute atomic E-state index is 0.0179. The molecule has 1 aromatic rings.